The fraction of sp³-hybridized carbons (Fsp3) is 0.304. The maximum absolute atomic E-state index is 12.2. The van der Waals surface area contributed by atoms with Crippen LogP contribution in [0.1, 0.15) is 47.7 Å². The van der Waals surface area contributed by atoms with Gasteiger partial charge in [0.2, 0.25) is 5.91 Å². The number of hydrogen-bond donors (Lipinski definition) is 1. The lowest BCUT2D eigenvalue weighted by molar-refractivity contribution is -0.116. The number of furan rings is 1. The minimum Gasteiger partial charge on any atom is -0.461 e. The van der Waals surface area contributed by atoms with E-state index in [4.69, 9.17) is 4.42 Å². The fourth-order valence-corrected chi connectivity index (χ4v) is 3.52. The molecule has 2 heterocycles. The van der Waals surface area contributed by atoms with Gasteiger partial charge in [0.05, 0.1) is 11.4 Å². The van der Waals surface area contributed by atoms with Gasteiger partial charge in [-0.25, -0.2) is 4.68 Å². The summed E-state index contributed by atoms with van der Waals surface area (Å²) >= 11 is 0. The fourth-order valence-electron chi connectivity index (χ4n) is 3.52. The zero-order chi connectivity index (χ0) is 19.7. The number of nitrogens with one attached hydrogen (secondary N) is 1. The molecular formula is C23H25N3O2. The summed E-state index contributed by atoms with van der Waals surface area (Å²) in [6, 6.07) is 13.9. The molecule has 1 amide bonds. The van der Waals surface area contributed by atoms with E-state index in [1.165, 1.54) is 12.5 Å². The molecular weight excluding hydrogens is 350 g/mol. The van der Waals surface area contributed by atoms with Gasteiger partial charge in [0.15, 0.2) is 0 Å². The Bertz CT molecular complexity index is 1010. The smallest absolute Gasteiger partial charge is 0.244 e. The Morgan fingerprint density at radius 3 is 2.71 bits per heavy atom. The SMILES string of the molecule is Cc1nn(-c2ccccc2)c(C)c1CNC(=O)/C=C/c1ccc(C2CC2C)o1. The highest BCUT2D eigenvalue weighted by atomic mass is 16.3. The summed E-state index contributed by atoms with van der Waals surface area (Å²) in [5.74, 6) is 2.84. The van der Waals surface area contributed by atoms with E-state index in [0.29, 0.717) is 24.1 Å². The summed E-state index contributed by atoms with van der Waals surface area (Å²) in [4.78, 5) is 12.2. The summed E-state index contributed by atoms with van der Waals surface area (Å²) in [5.41, 5.74) is 4.00. The van der Waals surface area contributed by atoms with E-state index in [2.05, 4.69) is 17.3 Å². The summed E-state index contributed by atoms with van der Waals surface area (Å²) in [6.45, 7) is 6.65. The van der Waals surface area contributed by atoms with Crippen LogP contribution in [0.25, 0.3) is 11.8 Å². The molecule has 1 N–H and O–H groups in total. The predicted octanol–water partition coefficient (Wildman–Crippen LogP) is 4.54. The third-order valence-electron chi connectivity index (χ3n) is 5.40. The second-order valence-corrected chi connectivity index (χ2v) is 7.51. The molecule has 1 saturated carbocycles. The van der Waals surface area contributed by atoms with Crippen LogP contribution in [0.3, 0.4) is 0 Å². The number of carbonyl (C=O) groups is 1. The molecule has 2 aromatic heterocycles. The molecule has 1 aliphatic rings. The van der Waals surface area contributed by atoms with Crippen LogP contribution < -0.4 is 5.32 Å². The summed E-state index contributed by atoms with van der Waals surface area (Å²) in [5, 5.41) is 7.56. The van der Waals surface area contributed by atoms with Gasteiger partial charge in [-0.05, 0) is 56.5 Å². The van der Waals surface area contributed by atoms with Crippen LogP contribution in [0.2, 0.25) is 0 Å². The van der Waals surface area contributed by atoms with Gasteiger partial charge in [0.25, 0.3) is 0 Å². The molecule has 1 aliphatic carbocycles. The maximum Gasteiger partial charge on any atom is 0.244 e. The molecule has 0 bridgehead atoms. The van der Waals surface area contributed by atoms with Crippen LogP contribution in [0.4, 0.5) is 0 Å². The minimum absolute atomic E-state index is 0.149. The van der Waals surface area contributed by atoms with Crippen LogP contribution in [-0.4, -0.2) is 15.7 Å². The van der Waals surface area contributed by atoms with Crippen LogP contribution in [0.5, 0.6) is 0 Å². The predicted molar refractivity (Wildman–Crippen MR) is 109 cm³/mol. The largest absolute Gasteiger partial charge is 0.461 e. The Morgan fingerprint density at radius 2 is 2.00 bits per heavy atom. The average molecular weight is 375 g/mol. The van der Waals surface area contributed by atoms with E-state index in [1.54, 1.807) is 6.08 Å². The number of aryl methyl sites for hydroxylation is 1. The van der Waals surface area contributed by atoms with Gasteiger partial charge < -0.3 is 9.73 Å². The molecule has 5 heteroatoms. The van der Waals surface area contributed by atoms with Gasteiger partial charge in [-0.3, -0.25) is 4.79 Å². The third kappa shape index (κ3) is 3.79. The van der Waals surface area contributed by atoms with Gasteiger partial charge in [-0.1, -0.05) is 25.1 Å². The van der Waals surface area contributed by atoms with E-state index >= 15 is 0 Å². The lowest BCUT2D eigenvalue weighted by Gasteiger charge is -2.06. The monoisotopic (exact) mass is 375 g/mol. The molecule has 0 spiro atoms. The molecule has 0 aliphatic heterocycles. The van der Waals surface area contributed by atoms with Crippen molar-refractivity contribution in [2.45, 2.75) is 39.7 Å². The Balaban J connectivity index is 1.38. The van der Waals surface area contributed by atoms with Crippen molar-refractivity contribution < 1.29 is 9.21 Å². The Labute approximate surface area is 165 Å². The number of aromatic nitrogens is 2. The van der Waals surface area contributed by atoms with Gasteiger partial charge in [-0.15, -0.1) is 0 Å². The molecule has 4 rings (SSSR count). The molecule has 5 nitrogen and oxygen atoms in total. The molecule has 2 unspecified atom stereocenters. The topological polar surface area (TPSA) is 60.1 Å². The lowest BCUT2D eigenvalue weighted by atomic mass is 10.2. The highest BCUT2D eigenvalue weighted by Crippen LogP contribution is 2.47. The second kappa shape index (κ2) is 7.50. The quantitative estimate of drug-likeness (QED) is 0.644. The van der Waals surface area contributed by atoms with Gasteiger partial charge in [0.1, 0.15) is 11.5 Å². The average Bonchev–Trinajstić information content (AvgIpc) is 3.12. The molecule has 0 saturated heterocycles. The number of benzene rings is 1. The van der Waals surface area contributed by atoms with Crippen molar-refractivity contribution in [2.75, 3.05) is 0 Å². The van der Waals surface area contributed by atoms with Crippen LogP contribution in [0, 0.1) is 19.8 Å². The number of amides is 1. The minimum atomic E-state index is -0.149. The van der Waals surface area contributed by atoms with Gasteiger partial charge >= 0.3 is 0 Å². The molecule has 2 atom stereocenters. The number of hydrogen-bond acceptors (Lipinski definition) is 3. The van der Waals surface area contributed by atoms with Crippen LogP contribution in [-0.2, 0) is 11.3 Å². The summed E-state index contributed by atoms with van der Waals surface area (Å²) in [7, 11) is 0. The van der Waals surface area contributed by atoms with Crippen molar-refractivity contribution in [1.29, 1.82) is 0 Å². The first kappa shape index (κ1) is 18.3. The van der Waals surface area contributed by atoms with E-state index in [-0.39, 0.29) is 5.91 Å². The first-order chi connectivity index (χ1) is 13.5. The summed E-state index contributed by atoms with van der Waals surface area (Å²) < 4.78 is 7.71. The second-order valence-electron chi connectivity index (χ2n) is 7.51. The van der Waals surface area contributed by atoms with Crippen molar-refractivity contribution in [1.82, 2.24) is 15.1 Å². The molecule has 1 aromatic carbocycles. The lowest BCUT2D eigenvalue weighted by Crippen LogP contribution is -2.21. The van der Waals surface area contributed by atoms with Gasteiger partial charge in [-0.2, -0.15) is 5.10 Å². The van der Waals surface area contributed by atoms with E-state index in [9.17, 15) is 4.79 Å². The van der Waals surface area contributed by atoms with E-state index < -0.39 is 0 Å². The Kier molecular flexibility index (Phi) is 4.90. The normalized spacial score (nSPS) is 18.5. The van der Waals surface area contributed by atoms with Crippen molar-refractivity contribution in [3.8, 4) is 5.69 Å². The molecule has 3 aromatic rings. The molecule has 1 fully saturated rings. The van der Waals surface area contributed by atoms with Crippen LogP contribution >= 0.6 is 0 Å². The first-order valence-electron chi connectivity index (χ1n) is 9.69. The van der Waals surface area contributed by atoms with Crippen molar-refractivity contribution in [2.24, 2.45) is 5.92 Å². The van der Waals surface area contributed by atoms with E-state index in [0.717, 1.165) is 28.4 Å². The van der Waals surface area contributed by atoms with Crippen molar-refractivity contribution >= 4 is 12.0 Å². The zero-order valence-electron chi connectivity index (χ0n) is 16.5. The number of carbonyl (C=O) groups excluding carboxylic acids is 1. The number of nitrogens with zero attached hydrogens (tertiary/aromatic N) is 2. The van der Waals surface area contributed by atoms with E-state index in [1.807, 2.05) is 61.0 Å². The van der Waals surface area contributed by atoms with Gasteiger partial charge in [0, 0.05) is 29.8 Å². The van der Waals surface area contributed by atoms with Crippen molar-refractivity contribution in [3.05, 3.63) is 77.0 Å². The Morgan fingerprint density at radius 1 is 1.25 bits per heavy atom. The molecule has 0 radical (unpaired) electrons. The molecule has 28 heavy (non-hydrogen) atoms. The highest BCUT2D eigenvalue weighted by molar-refractivity contribution is 5.91. The zero-order valence-corrected chi connectivity index (χ0v) is 16.5. The number of para-hydroxylation sites is 1. The van der Waals surface area contributed by atoms with Crippen molar-refractivity contribution in [3.63, 3.8) is 0 Å². The Hall–Kier alpha value is -3.08. The maximum atomic E-state index is 12.2. The van der Waals surface area contributed by atoms with Crippen LogP contribution in [0.15, 0.2) is 53.0 Å². The highest BCUT2D eigenvalue weighted by Gasteiger charge is 2.36. The first-order valence-corrected chi connectivity index (χ1v) is 9.69. The number of rotatable bonds is 6. The third-order valence-corrected chi connectivity index (χ3v) is 5.40. The summed E-state index contributed by atoms with van der Waals surface area (Å²) in [6.07, 6.45) is 4.43. The standard InChI is InChI=1S/C23H25N3O2/c1-15-13-20(15)22-11-9-19(28-22)10-12-23(27)24-14-21-16(2)25-26(17(21)3)18-7-5-4-6-8-18/h4-12,15,20H,13-14H2,1-3H3,(H,24,27)/b12-10+. The molecule has 144 valence electrons.